The van der Waals surface area contributed by atoms with Crippen molar-refractivity contribution in [2.75, 3.05) is 19.0 Å². The molecule has 0 bridgehead atoms. The molecule has 0 amide bonds. The van der Waals surface area contributed by atoms with Crippen molar-refractivity contribution in [2.45, 2.75) is 24.2 Å². The van der Waals surface area contributed by atoms with Crippen LogP contribution in [0, 0.1) is 5.41 Å². The molecule has 0 radical (unpaired) electrons. The zero-order chi connectivity index (χ0) is 11.6. The van der Waals surface area contributed by atoms with Crippen LogP contribution in [0.5, 0.6) is 0 Å². The van der Waals surface area contributed by atoms with Crippen molar-refractivity contribution in [1.29, 1.82) is 0 Å². The molecule has 2 N–H and O–H groups in total. The van der Waals surface area contributed by atoms with Gasteiger partial charge in [0.05, 0.1) is 13.2 Å². The van der Waals surface area contributed by atoms with Gasteiger partial charge < -0.3 is 10.2 Å². The van der Waals surface area contributed by atoms with E-state index in [4.69, 9.17) is 0 Å². The number of hydrogen-bond donors (Lipinski definition) is 2. The van der Waals surface area contributed by atoms with Gasteiger partial charge in [-0.2, -0.15) is 0 Å². The lowest BCUT2D eigenvalue weighted by molar-refractivity contribution is 0.0583. The second kappa shape index (κ2) is 4.78. The van der Waals surface area contributed by atoms with Crippen LogP contribution < -0.4 is 0 Å². The number of hydrogen-bond acceptors (Lipinski definition) is 3. The fourth-order valence-electron chi connectivity index (χ4n) is 2.17. The Labute approximate surface area is 101 Å². The Kier molecular flexibility index (Phi) is 3.57. The van der Waals surface area contributed by atoms with Crippen LogP contribution in [0.25, 0.3) is 0 Å². The van der Waals surface area contributed by atoms with Gasteiger partial charge in [-0.05, 0) is 24.0 Å². The first-order valence-electron chi connectivity index (χ1n) is 5.62. The topological polar surface area (TPSA) is 40.5 Å². The van der Waals surface area contributed by atoms with E-state index in [0.717, 1.165) is 12.2 Å². The number of thioether (sulfide) groups is 1. The minimum Gasteiger partial charge on any atom is -0.396 e. The van der Waals surface area contributed by atoms with Crippen molar-refractivity contribution in [3.05, 3.63) is 29.8 Å². The highest BCUT2D eigenvalue weighted by atomic mass is 32.2. The molecule has 1 atom stereocenters. The highest BCUT2D eigenvalue weighted by Gasteiger charge is 2.31. The number of aliphatic hydroxyl groups excluding tert-OH is 2. The first-order chi connectivity index (χ1) is 7.68. The summed E-state index contributed by atoms with van der Waals surface area (Å²) in [6.07, 6.45) is 0.851. The largest absolute Gasteiger partial charge is 0.396 e. The molecule has 0 saturated heterocycles. The molecule has 1 aliphatic heterocycles. The van der Waals surface area contributed by atoms with Crippen molar-refractivity contribution >= 4 is 11.8 Å². The van der Waals surface area contributed by atoms with Gasteiger partial charge in [0.15, 0.2) is 0 Å². The summed E-state index contributed by atoms with van der Waals surface area (Å²) in [5.41, 5.74) is 1.02. The molecule has 16 heavy (non-hydrogen) atoms. The summed E-state index contributed by atoms with van der Waals surface area (Å²) in [4.78, 5) is 1.35. The summed E-state index contributed by atoms with van der Waals surface area (Å²) in [6, 6.07) is 8.43. The van der Waals surface area contributed by atoms with E-state index in [-0.39, 0.29) is 18.6 Å². The molecule has 0 saturated carbocycles. The molecule has 88 valence electrons. The quantitative estimate of drug-likeness (QED) is 0.845. The number of rotatable bonds is 4. The first kappa shape index (κ1) is 12.0. The number of benzene rings is 1. The second-order valence-electron chi connectivity index (χ2n) is 4.88. The molecule has 1 unspecified atom stereocenters. The maximum Gasteiger partial charge on any atom is 0.0506 e. The van der Waals surface area contributed by atoms with E-state index in [1.54, 1.807) is 0 Å². The molecule has 0 aliphatic carbocycles. The molecule has 1 aromatic carbocycles. The summed E-state index contributed by atoms with van der Waals surface area (Å²) >= 11 is 1.87. The van der Waals surface area contributed by atoms with E-state index in [0.29, 0.717) is 5.92 Å². The lowest BCUT2D eigenvalue weighted by Gasteiger charge is -2.28. The van der Waals surface area contributed by atoms with Crippen molar-refractivity contribution < 1.29 is 10.2 Å². The van der Waals surface area contributed by atoms with Crippen LogP contribution in [0.2, 0.25) is 0 Å². The average Bonchev–Trinajstić information content (AvgIpc) is 2.73. The van der Waals surface area contributed by atoms with Crippen LogP contribution in [0.1, 0.15) is 24.8 Å². The van der Waals surface area contributed by atoms with Gasteiger partial charge in [-0.3, -0.25) is 0 Å². The Morgan fingerprint density at radius 3 is 2.69 bits per heavy atom. The Morgan fingerprint density at radius 2 is 2.00 bits per heavy atom. The van der Waals surface area contributed by atoms with Crippen LogP contribution >= 0.6 is 11.8 Å². The lowest BCUT2D eigenvalue weighted by atomic mass is 9.80. The maximum absolute atomic E-state index is 9.33. The van der Waals surface area contributed by atoms with Gasteiger partial charge in [0.25, 0.3) is 0 Å². The minimum absolute atomic E-state index is 0.0484. The molecule has 1 aromatic rings. The summed E-state index contributed by atoms with van der Waals surface area (Å²) in [5, 5.41) is 18.7. The van der Waals surface area contributed by atoms with E-state index < -0.39 is 0 Å². The van der Waals surface area contributed by atoms with Gasteiger partial charge in [0.2, 0.25) is 0 Å². The van der Waals surface area contributed by atoms with E-state index in [1.165, 1.54) is 10.5 Å². The Morgan fingerprint density at radius 1 is 1.31 bits per heavy atom. The third-order valence-corrected chi connectivity index (χ3v) is 4.55. The monoisotopic (exact) mass is 238 g/mol. The van der Waals surface area contributed by atoms with Crippen molar-refractivity contribution in [2.24, 2.45) is 5.41 Å². The third kappa shape index (κ3) is 2.26. The SMILES string of the molecule is CC(CO)(CO)CC1CSc2ccccc21. The molecule has 1 heterocycles. The molecule has 2 rings (SSSR count). The Balaban J connectivity index is 2.14. The zero-order valence-electron chi connectivity index (χ0n) is 9.52. The fraction of sp³-hybridized carbons (Fsp3) is 0.538. The van der Waals surface area contributed by atoms with Gasteiger partial charge in [0.1, 0.15) is 0 Å². The molecule has 0 fully saturated rings. The van der Waals surface area contributed by atoms with Crippen LogP contribution in [-0.4, -0.2) is 29.2 Å². The molecule has 3 heteroatoms. The second-order valence-corrected chi connectivity index (χ2v) is 5.94. The van der Waals surface area contributed by atoms with E-state index in [9.17, 15) is 10.2 Å². The molecule has 0 aromatic heterocycles. The van der Waals surface area contributed by atoms with Crippen LogP contribution in [0.3, 0.4) is 0 Å². The van der Waals surface area contributed by atoms with E-state index in [1.807, 2.05) is 18.7 Å². The van der Waals surface area contributed by atoms with Crippen LogP contribution in [-0.2, 0) is 0 Å². The van der Waals surface area contributed by atoms with Gasteiger partial charge in [-0.1, -0.05) is 25.1 Å². The third-order valence-electron chi connectivity index (χ3n) is 3.30. The van der Waals surface area contributed by atoms with Crippen LogP contribution in [0.15, 0.2) is 29.2 Å². The van der Waals surface area contributed by atoms with Crippen molar-refractivity contribution in [1.82, 2.24) is 0 Å². The van der Waals surface area contributed by atoms with Gasteiger partial charge in [-0.25, -0.2) is 0 Å². The fourth-order valence-corrected chi connectivity index (χ4v) is 3.43. The van der Waals surface area contributed by atoms with E-state index >= 15 is 0 Å². The van der Waals surface area contributed by atoms with Gasteiger partial charge in [-0.15, -0.1) is 11.8 Å². The molecular weight excluding hydrogens is 220 g/mol. The maximum atomic E-state index is 9.33. The molecular formula is C13H18O2S. The standard InChI is InChI=1S/C13H18O2S/c1-13(8-14,9-15)6-10-7-16-12-5-3-2-4-11(10)12/h2-5,10,14-15H,6-9H2,1H3. The highest BCUT2D eigenvalue weighted by molar-refractivity contribution is 7.99. The Bertz CT molecular complexity index is 361. The zero-order valence-corrected chi connectivity index (χ0v) is 10.3. The van der Waals surface area contributed by atoms with Gasteiger partial charge >= 0.3 is 0 Å². The molecule has 1 aliphatic rings. The Hall–Kier alpha value is -0.510. The molecule has 0 spiro atoms. The average molecular weight is 238 g/mol. The highest BCUT2D eigenvalue weighted by Crippen LogP contribution is 2.44. The van der Waals surface area contributed by atoms with E-state index in [2.05, 4.69) is 24.3 Å². The number of aliphatic hydroxyl groups is 2. The molecule has 2 nitrogen and oxygen atoms in total. The normalized spacial score (nSPS) is 19.8. The summed E-state index contributed by atoms with van der Waals surface area (Å²) in [7, 11) is 0. The predicted molar refractivity (Wildman–Crippen MR) is 66.8 cm³/mol. The predicted octanol–water partition coefficient (Wildman–Crippen LogP) is 2.26. The van der Waals surface area contributed by atoms with Crippen molar-refractivity contribution in [3.8, 4) is 0 Å². The lowest BCUT2D eigenvalue weighted by Crippen LogP contribution is -2.28. The summed E-state index contributed by atoms with van der Waals surface area (Å²) < 4.78 is 0. The van der Waals surface area contributed by atoms with Crippen molar-refractivity contribution in [3.63, 3.8) is 0 Å². The van der Waals surface area contributed by atoms with Crippen LogP contribution in [0.4, 0.5) is 0 Å². The minimum atomic E-state index is -0.358. The summed E-state index contributed by atoms with van der Waals surface area (Å²) in [5.74, 6) is 1.53. The smallest absolute Gasteiger partial charge is 0.0506 e. The first-order valence-corrected chi connectivity index (χ1v) is 6.60. The number of fused-ring (bicyclic) bond motifs is 1. The van der Waals surface area contributed by atoms with Gasteiger partial charge in [0, 0.05) is 16.1 Å². The summed E-state index contributed by atoms with van der Waals surface area (Å²) in [6.45, 7) is 2.04.